The van der Waals surface area contributed by atoms with Gasteiger partial charge >= 0.3 is 5.97 Å². The lowest BCUT2D eigenvalue weighted by molar-refractivity contribution is -0.122. The Morgan fingerprint density at radius 3 is 2.45 bits per heavy atom. The second-order valence-electron chi connectivity index (χ2n) is 7.67. The molecular formula is C24H29N3O4. The van der Waals surface area contributed by atoms with Gasteiger partial charge in [0.05, 0.1) is 17.9 Å². The predicted octanol–water partition coefficient (Wildman–Crippen LogP) is 2.92. The van der Waals surface area contributed by atoms with Gasteiger partial charge in [0.2, 0.25) is 5.91 Å². The number of pyridine rings is 1. The molecule has 1 aromatic heterocycles. The molecule has 31 heavy (non-hydrogen) atoms. The van der Waals surface area contributed by atoms with E-state index >= 15 is 0 Å². The van der Waals surface area contributed by atoms with Crippen LogP contribution in [0, 0.1) is 6.92 Å². The molecule has 0 unspecified atom stereocenters. The summed E-state index contributed by atoms with van der Waals surface area (Å²) in [4.78, 5) is 43.0. The molecule has 0 saturated carbocycles. The molecule has 1 fully saturated rings. The van der Waals surface area contributed by atoms with Crippen molar-refractivity contribution in [2.45, 2.75) is 45.6 Å². The highest BCUT2D eigenvalue weighted by molar-refractivity contribution is 5.95. The molecule has 1 aliphatic rings. The number of ether oxygens (including phenoxy) is 1. The van der Waals surface area contributed by atoms with E-state index in [-0.39, 0.29) is 24.5 Å². The van der Waals surface area contributed by atoms with E-state index in [0.717, 1.165) is 12.0 Å². The highest BCUT2D eigenvalue weighted by Gasteiger charge is 2.26. The van der Waals surface area contributed by atoms with Crippen LogP contribution in [0.2, 0.25) is 0 Å². The van der Waals surface area contributed by atoms with Gasteiger partial charge in [0.1, 0.15) is 5.69 Å². The summed E-state index contributed by atoms with van der Waals surface area (Å²) >= 11 is 0. The van der Waals surface area contributed by atoms with Gasteiger partial charge in [0, 0.05) is 25.6 Å². The van der Waals surface area contributed by atoms with Crippen LogP contribution in [0.4, 0.5) is 0 Å². The molecule has 7 nitrogen and oxygen atoms in total. The average Bonchev–Trinajstić information content (AvgIpc) is 2.78. The lowest BCUT2D eigenvalue weighted by atomic mass is 10.0. The number of aryl methyl sites for hydroxylation is 2. The minimum Gasteiger partial charge on any atom is -0.462 e. The van der Waals surface area contributed by atoms with Gasteiger partial charge in [-0.3, -0.25) is 9.59 Å². The Hall–Kier alpha value is -3.22. The van der Waals surface area contributed by atoms with Crippen molar-refractivity contribution in [1.82, 2.24) is 15.2 Å². The first-order valence-electron chi connectivity index (χ1n) is 10.7. The number of carbonyl (C=O) groups is 3. The number of nitrogens with zero attached hydrogens (tertiary/aromatic N) is 2. The second-order valence-corrected chi connectivity index (χ2v) is 7.67. The van der Waals surface area contributed by atoms with Gasteiger partial charge in [-0.25, -0.2) is 9.78 Å². The van der Waals surface area contributed by atoms with Gasteiger partial charge in [0.15, 0.2) is 0 Å². The first-order valence-corrected chi connectivity index (χ1v) is 10.7. The predicted molar refractivity (Wildman–Crippen MR) is 117 cm³/mol. The quantitative estimate of drug-likeness (QED) is 0.692. The molecule has 7 heteroatoms. The summed E-state index contributed by atoms with van der Waals surface area (Å²) in [6.45, 7) is 4.84. The van der Waals surface area contributed by atoms with Crippen LogP contribution in [0.1, 0.15) is 58.3 Å². The maximum absolute atomic E-state index is 12.8. The minimum atomic E-state index is -0.435. The molecule has 0 bridgehead atoms. The number of rotatable bonds is 7. The Morgan fingerprint density at radius 1 is 1.10 bits per heavy atom. The lowest BCUT2D eigenvalue weighted by Crippen LogP contribution is -2.46. The highest BCUT2D eigenvalue weighted by Crippen LogP contribution is 2.16. The molecule has 164 valence electrons. The zero-order valence-electron chi connectivity index (χ0n) is 18.1. The van der Waals surface area contributed by atoms with Gasteiger partial charge in [-0.2, -0.15) is 0 Å². The average molecular weight is 424 g/mol. The molecule has 1 N–H and O–H groups in total. The van der Waals surface area contributed by atoms with Crippen LogP contribution in [0.3, 0.4) is 0 Å². The van der Waals surface area contributed by atoms with Crippen molar-refractivity contribution in [2.24, 2.45) is 0 Å². The Balaban J connectivity index is 1.47. The van der Waals surface area contributed by atoms with Gasteiger partial charge in [-0.15, -0.1) is 0 Å². The van der Waals surface area contributed by atoms with E-state index in [1.54, 1.807) is 30.9 Å². The van der Waals surface area contributed by atoms with Crippen LogP contribution >= 0.6 is 0 Å². The Kier molecular flexibility index (Phi) is 7.76. The molecule has 2 heterocycles. The fraction of sp³-hybridized carbons (Fsp3) is 0.417. The highest BCUT2D eigenvalue weighted by atomic mass is 16.5. The van der Waals surface area contributed by atoms with Crippen LogP contribution in [0.15, 0.2) is 42.5 Å². The maximum Gasteiger partial charge on any atom is 0.339 e. The van der Waals surface area contributed by atoms with E-state index in [4.69, 9.17) is 4.74 Å². The number of amides is 2. The van der Waals surface area contributed by atoms with Crippen molar-refractivity contribution < 1.29 is 19.1 Å². The number of carbonyl (C=O) groups excluding carboxylic acids is 3. The van der Waals surface area contributed by atoms with Gasteiger partial charge in [-0.1, -0.05) is 30.3 Å². The van der Waals surface area contributed by atoms with Crippen LogP contribution in [-0.4, -0.2) is 53.4 Å². The standard InChI is InChI=1S/C24H29N3O4/c1-3-31-24(30)20-10-11-21(25-17(20)2)23(29)27-15-13-19(14-16-27)26-22(28)12-9-18-7-5-4-6-8-18/h4-8,10-11,19H,3,9,12-16H2,1-2H3,(H,26,28). The molecular weight excluding hydrogens is 394 g/mol. The van der Waals surface area contributed by atoms with E-state index in [0.29, 0.717) is 49.3 Å². The Morgan fingerprint density at radius 2 is 1.81 bits per heavy atom. The van der Waals surface area contributed by atoms with Crippen molar-refractivity contribution in [2.75, 3.05) is 19.7 Å². The molecule has 0 radical (unpaired) electrons. The maximum atomic E-state index is 12.8. The lowest BCUT2D eigenvalue weighted by Gasteiger charge is -2.32. The van der Waals surface area contributed by atoms with Gasteiger partial charge in [0.25, 0.3) is 5.91 Å². The third kappa shape index (κ3) is 6.13. The molecule has 3 rings (SSSR count). The van der Waals surface area contributed by atoms with E-state index in [1.807, 2.05) is 30.3 Å². The fourth-order valence-corrected chi connectivity index (χ4v) is 3.70. The number of esters is 1. The number of hydrogen-bond donors (Lipinski definition) is 1. The van der Waals surface area contributed by atoms with E-state index in [2.05, 4.69) is 10.3 Å². The van der Waals surface area contributed by atoms with Crippen molar-refractivity contribution in [3.63, 3.8) is 0 Å². The summed E-state index contributed by atoms with van der Waals surface area (Å²) in [5, 5.41) is 3.09. The summed E-state index contributed by atoms with van der Waals surface area (Å²) in [6, 6.07) is 13.2. The third-order valence-electron chi connectivity index (χ3n) is 5.43. The van der Waals surface area contributed by atoms with Gasteiger partial charge < -0.3 is 15.0 Å². The second kappa shape index (κ2) is 10.7. The zero-order chi connectivity index (χ0) is 22.2. The van der Waals surface area contributed by atoms with Crippen LogP contribution in [0.5, 0.6) is 0 Å². The first kappa shape index (κ1) is 22.5. The number of piperidine rings is 1. The van der Waals surface area contributed by atoms with Crippen molar-refractivity contribution in [1.29, 1.82) is 0 Å². The smallest absolute Gasteiger partial charge is 0.339 e. The monoisotopic (exact) mass is 423 g/mol. The zero-order valence-corrected chi connectivity index (χ0v) is 18.1. The molecule has 2 aromatic rings. The Labute approximate surface area is 182 Å². The minimum absolute atomic E-state index is 0.0421. The van der Waals surface area contributed by atoms with Crippen molar-refractivity contribution in [3.8, 4) is 0 Å². The third-order valence-corrected chi connectivity index (χ3v) is 5.43. The summed E-state index contributed by atoms with van der Waals surface area (Å²) in [5.74, 6) is -0.553. The van der Waals surface area contributed by atoms with Gasteiger partial charge in [-0.05, 0) is 50.8 Å². The molecule has 2 amide bonds. The topological polar surface area (TPSA) is 88.6 Å². The Bertz CT molecular complexity index is 922. The van der Waals surface area contributed by atoms with Crippen molar-refractivity contribution >= 4 is 17.8 Å². The van der Waals surface area contributed by atoms with Crippen molar-refractivity contribution in [3.05, 3.63) is 65.0 Å². The van der Waals surface area contributed by atoms with E-state index in [1.165, 1.54) is 0 Å². The number of aromatic nitrogens is 1. The summed E-state index contributed by atoms with van der Waals surface area (Å²) in [6.07, 6.45) is 2.60. The van der Waals surface area contributed by atoms with Crippen LogP contribution in [0.25, 0.3) is 0 Å². The fourth-order valence-electron chi connectivity index (χ4n) is 3.70. The molecule has 1 saturated heterocycles. The number of hydrogen-bond acceptors (Lipinski definition) is 5. The summed E-state index contributed by atoms with van der Waals surface area (Å²) in [7, 11) is 0. The molecule has 0 aliphatic carbocycles. The largest absolute Gasteiger partial charge is 0.462 e. The van der Waals surface area contributed by atoms with Crippen LogP contribution in [-0.2, 0) is 16.0 Å². The van der Waals surface area contributed by atoms with E-state index < -0.39 is 5.97 Å². The molecule has 1 aliphatic heterocycles. The SMILES string of the molecule is CCOC(=O)c1ccc(C(=O)N2CCC(NC(=O)CCc3ccccc3)CC2)nc1C. The normalized spacial score (nSPS) is 14.2. The number of likely N-dealkylation sites (tertiary alicyclic amines) is 1. The molecule has 0 spiro atoms. The molecule has 1 aromatic carbocycles. The van der Waals surface area contributed by atoms with Crippen LogP contribution < -0.4 is 5.32 Å². The first-order chi connectivity index (χ1) is 15.0. The number of benzene rings is 1. The summed E-state index contributed by atoms with van der Waals surface area (Å²) < 4.78 is 5.00. The summed E-state index contributed by atoms with van der Waals surface area (Å²) in [5.41, 5.74) is 2.31. The number of nitrogens with one attached hydrogen (secondary N) is 1. The molecule has 0 atom stereocenters. The van der Waals surface area contributed by atoms with E-state index in [9.17, 15) is 14.4 Å².